The van der Waals surface area contributed by atoms with E-state index in [0.29, 0.717) is 28.9 Å². The summed E-state index contributed by atoms with van der Waals surface area (Å²) < 4.78 is 11.0. The minimum Gasteiger partial charge on any atom is -0.452 e. The summed E-state index contributed by atoms with van der Waals surface area (Å²) in [5.74, 6) is 2.50. The van der Waals surface area contributed by atoms with Gasteiger partial charge < -0.3 is 8.98 Å². The molecule has 13 aromatic rings. The van der Waals surface area contributed by atoms with Crippen molar-refractivity contribution >= 4 is 75.4 Å². The average molecular weight is 825 g/mol. The average Bonchev–Trinajstić information content (AvgIpc) is 4.03. The Kier molecular flexibility index (Phi) is 7.94. The molecule has 0 unspecified atom stereocenters. The van der Waals surface area contributed by atoms with Crippen molar-refractivity contribution in [2.75, 3.05) is 0 Å². The van der Waals surface area contributed by atoms with E-state index in [9.17, 15) is 0 Å². The summed E-state index contributed by atoms with van der Waals surface area (Å²) in [6.07, 6.45) is 0. The van der Waals surface area contributed by atoms with Gasteiger partial charge in [-0.15, -0.1) is 11.3 Å². The van der Waals surface area contributed by atoms with Crippen LogP contribution < -0.4 is 0 Å². The second kappa shape index (κ2) is 14.1. The van der Waals surface area contributed by atoms with Crippen molar-refractivity contribution in [3.63, 3.8) is 0 Å². The van der Waals surface area contributed by atoms with E-state index in [1.165, 1.54) is 5.39 Å². The van der Waals surface area contributed by atoms with Gasteiger partial charge in [-0.25, -0.2) is 24.9 Å². The third-order valence-corrected chi connectivity index (χ3v) is 13.1. The summed E-state index contributed by atoms with van der Waals surface area (Å²) in [6, 6.07) is 66.9. The molecule has 0 saturated carbocycles. The van der Waals surface area contributed by atoms with E-state index in [1.54, 1.807) is 11.3 Å². The highest BCUT2D eigenvalue weighted by molar-refractivity contribution is 7.26. The van der Waals surface area contributed by atoms with Gasteiger partial charge in [0.15, 0.2) is 28.9 Å². The number of hydrogen-bond donors (Lipinski definition) is 0. The third-order valence-electron chi connectivity index (χ3n) is 11.9. The molecule has 5 heterocycles. The van der Waals surface area contributed by atoms with Gasteiger partial charge in [0.1, 0.15) is 16.8 Å². The van der Waals surface area contributed by atoms with Gasteiger partial charge in [0.25, 0.3) is 0 Å². The number of para-hydroxylation sites is 3. The Hall–Kier alpha value is -8.33. The van der Waals surface area contributed by atoms with E-state index in [4.69, 9.17) is 29.3 Å². The standard InChI is InChI=1S/C55H32N6OS/c1-4-15-33(16-5-1)48-50-49(41-22-11-13-26-46(41)62-50)57-55(56-48)42-24-14-23-40-39-29-27-36(32-47(39)63-51(40)42)54-59-52(34-17-6-2-7-18-34)58-53(60-54)35-28-30-45-43(31-35)38-21-10-12-25-44(38)61(45)37-19-8-3-9-20-37/h1-32H. The lowest BCUT2D eigenvalue weighted by Gasteiger charge is -2.10. The maximum atomic E-state index is 6.41. The first-order chi connectivity index (χ1) is 31.2. The highest BCUT2D eigenvalue weighted by Crippen LogP contribution is 2.43. The van der Waals surface area contributed by atoms with E-state index < -0.39 is 0 Å². The lowest BCUT2D eigenvalue weighted by Crippen LogP contribution is -2.00. The van der Waals surface area contributed by atoms with Crippen molar-refractivity contribution in [3.8, 4) is 62.5 Å². The molecule has 8 aromatic carbocycles. The minimum atomic E-state index is 0.610. The van der Waals surface area contributed by atoms with Crippen LogP contribution in [0.15, 0.2) is 199 Å². The molecule has 0 spiro atoms. The van der Waals surface area contributed by atoms with Gasteiger partial charge in [-0.1, -0.05) is 133 Å². The van der Waals surface area contributed by atoms with Crippen molar-refractivity contribution in [3.05, 3.63) is 194 Å². The van der Waals surface area contributed by atoms with Crippen LogP contribution in [0, 0.1) is 0 Å². The fourth-order valence-corrected chi connectivity index (χ4v) is 10.2. The molecule has 0 fully saturated rings. The molecule has 0 amide bonds. The molecular formula is C55H32N6OS. The number of fused-ring (bicyclic) bond motifs is 9. The Labute approximate surface area is 364 Å². The maximum Gasteiger partial charge on any atom is 0.180 e. The molecule has 294 valence electrons. The summed E-state index contributed by atoms with van der Waals surface area (Å²) in [5.41, 5.74) is 11.1. The Morgan fingerprint density at radius 2 is 1.02 bits per heavy atom. The zero-order valence-electron chi connectivity index (χ0n) is 33.5. The van der Waals surface area contributed by atoms with E-state index >= 15 is 0 Å². The van der Waals surface area contributed by atoms with Crippen LogP contribution in [0.5, 0.6) is 0 Å². The number of hydrogen-bond acceptors (Lipinski definition) is 7. The molecule has 0 aliphatic carbocycles. The summed E-state index contributed by atoms with van der Waals surface area (Å²) in [4.78, 5) is 25.9. The maximum absolute atomic E-state index is 6.41. The van der Waals surface area contributed by atoms with Crippen molar-refractivity contribution in [2.24, 2.45) is 0 Å². The first kappa shape index (κ1) is 35.4. The molecule has 63 heavy (non-hydrogen) atoms. The Morgan fingerprint density at radius 3 is 1.81 bits per heavy atom. The summed E-state index contributed by atoms with van der Waals surface area (Å²) in [7, 11) is 0. The second-order valence-electron chi connectivity index (χ2n) is 15.6. The molecule has 0 saturated heterocycles. The molecule has 0 bridgehead atoms. The molecule has 5 aromatic heterocycles. The lowest BCUT2D eigenvalue weighted by atomic mass is 10.1. The Bertz CT molecular complexity index is 3910. The quantitative estimate of drug-likeness (QED) is 0.166. The summed E-state index contributed by atoms with van der Waals surface area (Å²) >= 11 is 1.73. The van der Waals surface area contributed by atoms with Crippen molar-refractivity contribution in [1.29, 1.82) is 0 Å². The van der Waals surface area contributed by atoms with Gasteiger partial charge in [-0.05, 0) is 60.7 Å². The van der Waals surface area contributed by atoms with Gasteiger partial charge in [-0.3, -0.25) is 0 Å². The SMILES string of the molecule is c1ccc(-c2nc(-c3ccc4c(c3)sc3c(-c5nc(-c6ccccc6)c6oc7ccccc7c6n5)cccc34)nc(-c3ccc4c(c3)c3ccccc3n4-c3ccccc3)n2)cc1. The first-order valence-corrected chi connectivity index (χ1v) is 21.6. The second-order valence-corrected chi connectivity index (χ2v) is 16.7. The van der Waals surface area contributed by atoms with Crippen LogP contribution >= 0.6 is 11.3 Å². The third kappa shape index (κ3) is 5.76. The van der Waals surface area contributed by atoms with Crippen LogP contribution in [-0.2, 0) is 0 Å². The predicted molar refractivity (Wildman–Crippen MR) is 257 cm³/mol. The van der Waals surface area contributed by atoms with Crippen molar-refractivity contribution in [2.45, 2.75) is 0 Å². The van der Waals surface area contributed by atoms with Gasteiger partial charge in [0, 0.05) is 69.8 Å². The van der Waals surface area contributed by atoms with Crippen LogP contribution in [0.4, 0.5) is 0 Å². The number of nitrogens with zero attached hydrogens (tertiary/aromatic N) is 6. The van der Waals surface area contributed by atoms with Crippen LogP contribution in [0.1, 0.15) is 0 Å². The molecule has 0 aliphatic rings. The summed E-state index contributed by atoms with van der Waals surface area (Å²) in [5, 5.41) is 5.57. The zero-order valence-corrected chi connectivity index (χ0v) is 34.3. The van der Waals surface area contributed by atoms with Crippen LogP contribution in [0.2, 0.25) is 0 Å². The van der Waals surface area contributed by atoms with Crippen molar-refractivity contribution in [1.82, 2.24) is 29.5 Å². The highest BCUT2D eigenvalue weighted by atomic mass is 32.1. The number of rotatable bonds is 6. The normalized spacial score (nSPS) is 11.8. The summed E-state index contributed by atoms with van der Waals surface area (Å²) in [6.45, 7) is 0. The molecule has 7 nitrogen and oxygen atoms in total. The molecule has 0 atom stereocenters. The number of thiophene rings is 1. The van der Waals surface area contributed by atoms with E-state index in [-0.39, 0.29) is 0 Å². The topological polar surface area (TPSA) is 82.5 Å². The molecular weight excluding hydrogens is 793 g/mol. The fraction of sp³-hybridized carbons (Fsp3) is 0. The molecule has 13 rings (SSSR count). The zero-order chi connectivity index (χ0) is 41.4. The van der Waals surface area contributed by atoms with Crippen LogP contribution in [-0.4, -0.2) is 29.5 Å². The number of aromatic nitrogens is 6. The molecule has 0 aliphatic heterocycles. The highest BCUT2D eigenvalue weighted by Gasteiger charge is 2.21. The largest absolute Gasteiger partial charge is 0.452 e. The van der Waals surface area contributed by atoms with E-state index in [2.05, 4.69) is 132 Å². The van der Waals surface area contributed by atoms with E-state index in [1.807, 2.05) is 66.7 Å². The van der Waals surface area contributed by atoms with Crippen LogP contribution in [0.25, 0.3) is 127 Å². The first-order valence-electron chi connectivity index (χ1n) is 20.8. The van der Waals surface area contributed by atoms with Gasteiger partial charge in [0.2, 0.25) is 0 Å². The molecule has 8 heteroatoms. The van der Waals surface area contributed by atoms with Gasteiger partial charge >= 0.3 is 0 Å². The van der Waals surface area contributed by atoms with Gasteiger partial charge in [-0.2, -0.15) is 0 Å². The van der Waals surface area contributed by atoms with Gasteiger partial charge in [0.05, 0.1) is 11.0 Å². The van der Waals surface area contributed by atoms with Crippen molar-refractivity contribution < 1.29 is 4.42 Å². The Balaban J connectivity index is 0.969. The monoisotopic (exact) mass is 824 g/mol. The lowest BCUT2D eigenvalue weighted by molar-refractivity contribution is 0.667. The van der Waals surface area contributed by atoms with Crippen LogP contribution in [0.3, 0.4) is 0 Å². The number of benzene rings is 8. The molecule has 0 N–H and O–H groups in total. The fourth-order valence-electron chi connectivity index (χ4n) is 8.93. The number of furan rings is 1. The van der Waals surface area contributed by atoms with E-state index in [0.717, 1.165) is 92.3 Å². The minimum absolute atomic E-state index is 0.610. The molecule has 0 radical (unpaired) electrons. The predicted octanol–water partition coefficient (Wildman–Crippen LogP) is 14.4. The smallest absolute Gasteiger partial charge is 0.180 e. The Morgan fingerprint density at radius 1 is 0.397 bits per heavy atom.